The highest BCUT2D eigenvalue weighted by atomic mass is 35.5. The number of amides is 1. The molecule has 1 saturated heterocycles. The topological polar surface area (TPSA) is 58.1 Å². The molecular weight excluding hydrogens is 300 g/mol. The third-order valence-corrected chi connectivity index (χ3v) is 3.93. The van der Waals surface area contributed by atoms with E-state index in [1.165, 1.54) is 0 Å². The lowest BCUT2D eigenvalue weighted by Crippen LogP contribution is -2.42. The Kier molecular flexibility index (Phi) is 5.69. The van der Waals surface area contributed by atoms with E-state index in [1.807, 2.05) is 23.1 Å². The lowest BCUT2D eigenvalue weighted by molar-refractivity contribution is 0.0694. The van der Waals surface area contributed by atoms with Gasteiger partial charge in [-0.3, -0.25) is 14.8 Å². The first-order valence-corrected chi connectivity index (χ1v) is 7.52. The van der Waals surface area contributed by atoms with E-state index in [2.05, 4.69) is 22.2 Å². The molecule has 22 heavy (non-hydrogen) atoms. The van der Waals surface area contributed by atoms with Crippen LogP contribution in [0.15, 0.2) is 30.6 Å². The van der Waals surface area contributed by atoms with Gasteiger partial charge < -0.3 is 10.2 Å². The lowest BCUT2D eigenvalue weighted by Gasteiger charge is -2.28. The van der Waals surface area contributed by atoms with Gasteiger partial charge in [0.2, 0.25) is 0 Å². The number of carbonyl (C=O) groups is 1. The molecule has 1 aliphatic rings. The lowest BCUT2D eigenvalue weighted by atomic mass is 10.1. The Hall–Kier alpha value is -1.72. The number of aromatic nitrogens is 2. The second-order valence-corrected chi connectivity index (χ2v) is 5.37. The summed E-state index contributed by atoms with van der Waals surface area (Å²) in [7, 11) is 0. The number of fused-ring (bicyclic) bond motifs is 1. The van der Waals surface area contributed by atoms with Crippen molar-refractivity contribution < 1.29 is 4.79 Å². The third-order valence-electron chi connectivity index (χ3n) is 3.93. The van der Waals surface area contributed by atoms with Crippen LogP contribution in [0.5, 0.6) is 0 Å². The van der Waals surface area contributed by atoms with Gasteiger partial charge in [-0.05, 0) is 31.5 Å². The van der Waals surface area contributed by atoms with Crippen LogP contribution in [-0.2, 0) is 0 Å². The minimum atomic E-state index is 0. The number of halogens is 1. The number of hydrogen-bond donors (Lipinski definition) is 1. The quantitative estimate of drug-likeness (QED) is 0.939. The zero-order valence-electron chi connectivity index (χ0n) is 12.7. The first-order valence-electron chi connectivity index (χ1n) is 7.52. The number of carbonyl (C=O) groups excluding carboxylic acids is 1. The average molecular weight is 321 g/mol. The Labute approximate surface area is 136 Å². The summed E-state index contributed by atoms with van der Waals surface area (Å²) in [6, 6.07) is 5.90. The zero-order valence-corrected chi connectivity index (χ0v) is 13.5. The molecule has 1 unspecified atom stereocenters. The summed E-state index contributed by atoms with van der Waals surface area (Å²) >= 11 is 0. The van der Waals surface area contributed by atoms with E-state index in [0.29, 0.717) is 11.1 Å². The summed E-state index contributed by atoms with van der Waals surface area (Å²) in [5.74, 6) is 0.0663. The van der Waals surface area contributed by atoms with Crippen molar-refractivity contribution >= 4 is 29.3 Å². The number of hydrogen-bond acceptors (Lipinski definition) is 4. The highest BCUT2D eigenvalue weighted by molar-refractivity contribution is 6.04. The van der Waals surface area contributed by atoms with E-state index in [0.717, 1.165) is 38.0 Å². The molecule has 5 nitrogen and oxygen atoms in total. The maximum Gasteiger partial charge on any atom is 0.256 e. The molecule has 1 aromatic heterocycles. The number of nitrogens with zero attached hydrogens (tertiary/aromatic N) is 3. The maximum atomic E-state index is 13.0. The SMILES string of the molecule is CCCN(C(=O)c1cccc2nccnc12)C1CCNC1.Cl. The molecule has 2 heterocycles. The van der Waals surface area contributed by atoms with Gasteiger partial charge in [-0.25, -0.2) is 0 Å². The molecule has 0 spiro atoms. The van der Waals surface area contributed by atoms with Crippen molar-refractivity contribution in [3.05, 3.63) is 36.2 Å². The van der Waals surface area contributed by atoms with Crippen LogP contribution in [0.3, 0.4) is 0 Å². The standard InChI is InChI=1S/C16H20N4O.ClH/c1-2-10-20(12-6-7-17-11-12)16(21)13-4-3-5-14-15(13)19-9-8-18-14;/h3-5,8-9,12,17H,2,6-7,10-11H2,1H3;1H. The van der Waals surface area contributed by atoms with E-state index >= 15 is 0 Å². The largest absolute Gasteiger partial charge is 0.334 e. The van der Waals surface area contributed by atoms with Crippen LogP contribution in [-0.4, -0.2) is 46.5 Å². The maximum absolute atomic E-state index is 13.0. The molecule has 0 saturated carbocycles. The molecule has 0 radical (unpaired) electrons. The number of rotatable bonds is 4. The Morgan fingerprint density at radius 2 is 2.18 bits per heavy atom. The molecule has 1 atom stereocenters. The number of benzene rings is 1. The normalized spacial score (nSPS) is 17.2. The van der Waals surface area contributed by atoms with Crippen molar-refractivity contribution in [1.82, 2.24) is 20.2 Å². The average Bonchev–Trinajstić information content (AvgIpc) is 3.05. The van der Waals surface area contributed by atoms with E-state index in [9.17, 15) is 4.79 Å². The van der Waals surface area contributed by atoms with E-state index in [-0.39, 0.29) is 24.4 Å². The van der Waals surface area contributed by atoms with Crippen LogP contribution in [0.2, 0.25) is 0 Å². The first-order chi connectivity index (χ1) is 10.3. The van der Waals surface area contributed by atoms with Gasteiger partial charge in [0, 0.05) is 31.5 Å². The van der Waals surface area contributed by atoms with Crippen LogP contribution < -0.4 is 5.32 Å². The smallest absolute Gasteiger partial charge is 0.256 e. The fourth-order valence-corrected chi connectivity index (χ4v) is 2.92. The molecule has 0 aliphatic carbocycles. The van der Waals surface area contributed by atoms with Gasteiger partial charge in [-0.2, -0.15) is 0 Å². The molecule has 1 amide bonds. The Morgan fingerprint density at radius 1 is 1.36 bits per heavy atom. The molecular formula is C16H21ClN4O. The van der Waals surface area contributed by atoms with Crippen molar-refractivity contribution in [1.29, 1.82) is 0 Å². The number of para-hydroxylation sites is 1. The van der Waals surface area contributed by atoms with Crippen LogP contribution >= 0.6 is 12.4 Å². The van der Waals surface area contributed by atoms with Gasteiger partial charge in [0.25, 0.3) is 5.91 Å². The van der Waals surface area contributed by atoms with Gasteiger partial charge >= 0.3 is 0 Å². The molecule has 118 valence electrons. The molecule has 1 aromatic carbocycles. The highest BCUT2D eigenvalue weighted by Gasteiger charge is 2.27. The van der Waals surface area contributed by atoms with Gasteiger partial charge in [0.05, 0.1) is 11.1 Å². The monoisotopic (exact) mass is 320 g/mol. The summed E-state index contributed by atoms with van der Waals surface area (Å²) in [4.78, 5) is 23.6. The van der Waals surface area contributed by atoms with Crippen LogP contribution in [0, 0.1) is 0 Å². The van der Waals surface area contributed by atoms with Crippen molar-refractivity contribution in [2.45, 2.75) is 25.8 Å². The molecule has 1 N–H and O–H groups in total. The van der Waals surface area contributed by atoms with Crippen molar-refractivity contribution in [3.8, 4) is 0 Å². The molecule has 2 aromatic rings. The number of nitrogens with one attached hydrogen (secondary N) is 1. The summed E-state index contributed by atoms with van der Waals surface area (Å²) in [5.41, 5.74) is 2.11. The van der Waals surface area contributed by atoms with Crippen LogP contribution in [0.1, 0.15) is 30.1 Å². The van der Waals surface area contributed by atoms with Gasteiger partial charge in [0.15, 0.2) is 0 Å². The Balaban J connectivity index is 0.00000176. The molecule has 0 bridgehead atoms. The van der Waals surface area contributed by atoms with Crippen LogP contribution in [0.25, 0.3) is 11.0 Å². The van der Waals surface area contributed by atoms with E-state index in [4.69, 9.17) is 0 Å². The molecule has 1 fully saturated rings. The minimum absolute atomic E-state index is 0. The summed E-state index contributed by atoms with van der Waals surface area (Å²) < 4.78 is 0. The van der Waals surface area contributed by atoms with E-state index in [1.54, 1.807) is 12.4 Å². The summed E-state index contributed by atoms with van der Waals surface area (Å²) in [5, 5.41) is 3.33. The first kappa shape index (κ1) is 16.6. The Bertz CT molecular complexity index is 638. The highest BCUT2D eigenvalue weighted by Crippen LogP contribution is 2.19. The second kappa shape index (κ2) is 7.51. The van der Waals surface area contributed by atoms with Crippen molar-refractivity contribution in [3.63, 3.8) is 0 Å². The molecule has 3 rings (SSSR count). The summed E-state index contributed by atoms with van der Waals surface area (Å²) in [6.07, 6.45) is 5.27. The van der Waals surface area contributed by atoms with Gasteiger partial charge in [0.1, 0.15) is 5.52 Å². The second-order valence-electron chi connectivity index (χ2n) is 5.37. The summed E-state index contributed by atoms with van der Waals surface area (Å²) in [6.45, 7) is 4.74. The predicted molar refractivity (Wildman–Crippen MR) is 89.4 cm³/mol. The minimum Gasteiger partial charge on any atom is -0.334 e. The van der Waals surface area contributed by atoms with Crippen molar-refractivity contribution in [2.75, 3.05) is 19.6 Å². The Morgan fingerprint density at radius 3 is 2.91 bits per heavy atom. The van der Waals surface area contributed by atoms with Gasteiger partial charge in [-0.1, -0.05) is 13.0 Å². The van der Waals surface area contributed by atoms with Crippen molar-refractivity contribution in [2.24, 2.45) is 0 Å². The zero-order chi connectivity index (χ0) is 14.7. The third kappa shape index (κ3) is 3.20. The van der Waals surface area contributed by atoms with Gasteiger partial charge in [-0.15, -0.1) is 12.4 Å². The molecule has 1 aliphatic heterocycles. The fourth-order valence-electron chi connectivity index (χ4n) is 2.92. The van der Waals surface area contributed by atoms with E-state index < -0.39 is 0 Å². The predicted octanol–water partition coefficient (Wildman–Crippen LogP) is 2.27. The van der Waals surface area contributed by atoms with Crippen LogP contribution in [0.4, 0.5) is 0 Å². The fraction of sp³-hybridized carbons (Fsp3) is 0.438. The molecule has 6 heteroatoms.